The summed E-state index contributed by atoms with van der Waals surface area (Å²) in [6.07, 6.45) is -3.61. The Hall–Kier alpha value is -4.32. The lowest BCUT2D eigenvalue weighted by molar-refractivity contribution is -0.137. The summed E-state index contributed by atoms with van der Waals surface area (Å²) >= 11 is 6.16. The Morgan fingerprint density at radius 1 is 0.951 bits per heavy atom. The van der Waals surface area contributed by atoms with E-state index in [0.717, 1.165) is 18.5 Å². The molecule has 0 radical (unpaired) electrons. The molecule has 0 saturated heterocycles. The van der Waals surface area contributed by atoms with Crippen molar-refractivity contribution in [2.24, 2.45) is 5.41 Å². The van der Waals surface area contributed by atoms with Crippen molar-refractivity contribution in [3.05, 3.63) is 88.2 Å². The molecule has 0 atom stereocenters. The van der Waals surface area contributed by atoms with Gasteiger partial charge in [-0.1, -0.05) is 44.5 Å². The molecule has 1 heterocycles. The van der Waals surface area contributed by atoms with Gasteiger partial charge in [0.05, 0.1) is 33.0 Å². The van der Waals surface area contributed by atoms with E-state index in [9.17, 15) is 27.2 Å². The van der Waals surface area contributed by atoms with Crippen molar-refractivity contribution in [1.82, 2.24) is 15.3 Å². The van der Waals surface area contributed by atoms with Crippen molar-refractivity contribution in [2.75, 3.05) is 10.6 Å². The number of benzene rings is 3. The second-order valence-electron chi connectivity index (χ2n) is 10.0. The first-order valence-electron chi connectivity index (χ1n) is 12.1. The lowest BCUT2D eigenvalue weighted by atomic mass is 9.95. The number of hydrogen-bond acceptors (Lipinski definition) is 5. The summed E-state index contributed by atoms with van der Waals surface area (Å²) in [5.41, 5.74) is -2.22. The Kier molecular flexibility index (Phi) is 8.16. The van der Waals surface area contributed by atoms with E-state index in [1.54, 1.807) is 26.8 Å². The Labute approximate surface area is 236 Å². The SMILES string of the molecule is CC(C)(C)C(=O)NCc1ccc(Cl)c(C(=O)Nc2cccc3c(Nc4ccc(C(F)(F)F)cc4F)ncnc23)c1F. The number of alkyl halides is 3. The van der Waals surface area contributed by atoms with Gasteiger partial charge in [0.25, 0.3) is 5.91 Å². The van der Waals surface area contributed by atoms with Crippen LogP contribution in [0.1, 0.15) is 42.3 Å². The number of carbonyl (C=O) groups is 2. The van der Waals surface area contributed by atoms with Gasteiger partial charge in [-0.3, -0.25) is 9.59 Å². The van der Waals surface area contributed by atoms with Gasteiger partial charge >= 0.3 is 6.18 Å². The molecule has 4 aromatic rings. The standard InChI is InChI=1S/C28H23ClF5N5O2/c1-27(2,3)26(41)35-12-14-7-9-17(29)21(22(14)31)25(40)39-20-6-4-5-16-23(20)36-13-37-24(16)38-19-10-8-15(11-18(19)30)28(32,33)34/h4-11,13H,12H2,1-3H3,(H,35,41)(H,39,40)(H,36,37,38). The van der Waals surface area contributed by atoms with E-state index in [4.69, 9.17) is 11.6 Å². The second kappa shape index (κ2) is 11.3. The number of para-hydroxylation sites is 1. The summed E-state index contributed by atoms with van der Waals surface area (Å²) in [7, 11) is 0. The van der Waals surface area contributed by atoms with Crippen molar-refractivity contribution in [1.29, 1.82) is 0 Å². The van der Waals surface area contributed by atoms with Crippen molar-refractivity contribution >= 4 is 51.5 Å². The van der Waals surface area contributed by atoms with E-state index in [2.05, 4.69) is 25.9 Å². The highest BCUT2D eigenvalue weighted by Gasteiger charge is 2.31. The van der Waals surface area contributed by atoms with E-state index in [-0.39, 0.29) is 51.1 Å². The molecule has 13 heteroatoms. The predicted octanol–water partition coefficient (Wildman–Crippen LogP) is 7.24. The summed E-state index contributed by atoms with van der Waals surface area (Å²) in [6.45, 7) is 4.94. The molecule has 0 spiro atoms. The molecule has 41 heavy (non-hydrogen) atoms. The molecule has 7 nitrogen and oxygen atoms in total. The average Bonchev–Trinajstić information content (AvgIpc) is 2.88. The van der Waals surface area contributed by atoms with Crippen molar-refractivity contribution in [3.8, 4) is 0 Å². The first-order chi connectivity index (χ1) is 19.2. The highest BCUT2D eigenvalue weighted by Crippen LogP contribution is 2.34. The second-order valence-corrected chi connectivity index (χ2v) is 10.4. The molecule has 2 amide bonds. The van der Waals surface area contributed by atoms with E-state index < -0.39 is 40.3 Å². The zero-order chi connectivity index (χ0) is 30.1. The zero-order valence-corrected chi connectivity index (χ0v) is 22.6. The molecule has 3 N–H and O–H groups in total. The van der Waals surface area contributed by atoms with Gasteiger partial charge < -0.3 is 16.0 Å². The number of carbonyl (C=O) groups excluding carboxylic acids is 2. The smallest absolute Gasteiger partial charge is 0.351 e. The molecule has 0 unspecified atom stereocenters. The Morgan fingerprint density at radius 3 is 2.34 bits per heavy atom. The molecule has 0 aliphatic rings. The summed E-state index contributed by atoms with van der Waals surface area (Å²) in [5.74, 6) is -3.23. The maximum Gasteiger partial charge on any atom is 0.416 e. The molecule has 3 aromatic carbocycles. The number of fused-ring (bicyclic) bond motifs is 1. The fourth-order valence-corrected chi connectivity index (χ4v) is 4.01. The number of nitrogens with one attached hydrogen (secondary N) is 3. The fraction of sp³-hybridized carbons (Fsp3) is 0.214. The minimum atomic E-state index is -4.71. The average molecular weight is 592 g/mol. The van der Waals surface area contributed by atoms with Crippen LogP contribution in [0.25, 0.3) is 10.9 Å². The first-order valence-corrected chi connectivity index (χ1v) is 12.5. The largest absolute Gasteiger partial charge is 0.416 e. The Morgan fingerprint density at radius 2 is 1.68 bits per heavy atom. The monoisotopic (exact) mass is 591 g/mol. The zero-order valence-electron chi connectivity index (χ0n) is 21.9. The van der Waals surface area contributed by atoms with Gasteiger partial charge in [0.15, 0.2) is 0 Å². The van der Waals surface area contributed by atoms with Crippen molar-refractivity contribution in [3.63, 3.8) is 0 Å². The normalized spacial score (nSPS) is 11.8. The molecule has 1 aromatic heterocycles. The molecule has 0 saturated carbocycles. The lowest BCUT2D eigenvalue weighted by Gasteiger charge is -2.18. The highest BCUT2D eigenvalue weighted by molar-refractivity contribution is 6.34. The van der Waals surface area contributed by atoms with Crippen LogP contribution in [0.3, 0.4) is 0 Å². The number of aromatic nitrogens is 2. The highest BCUT2D eigenvalue weighted by atomic mass is 35.5. The predicted molar refractivity (Wildman–Crippen MR) is 145 cm³/mol. The van der Waals surface area contributed by atoms with Crippen LogP contribution in [0.4, 0.5) is 39.1 Å². The molecule has 4 rings (SSSR count). The molecule has 0 fully saturated rings. The molecule has 0 bridgehead atoms. The van der Waals surface area contributed by atoms with Gasteiger partial charge in [0.1, 0.15) is 23.8 Å². The van der Waals surface area contributed by atoms with Gasteiger partial charge in [-0.05, 0) is 36.4 Å². The van der Waals surface area contributed by atoms with Gasteiger partial charge in [-0.2, -0.15) is 13.2 Å². The summed E-state index contributed by atoms with van der Waals surface area (Å²) in [4.78, 5) is 33.5. The van der Waals surface area contributed by atoms with E-state index in [1.165, 1.54) is 24.3 Å². The summed E-state index contributed by atoms with van der Waals surface area (Å²) in [6, 6.07) is 9.26. The first kappa shape index (κ1) is 29.7. The van der Waals surface area contributed by atoms with Gasteiger partial charge in [0.2, 0.25) is 5.91 Å². The number of anilines is 3. The van der Waals surface area contributed by atoms with Crippen molar-refractivity contribution < 1.29 is 31.5 Å². The maximum absolute atomic E-state index is 15.4. The summed E-state index contributed by atoms with van der Waals surface area (Å²) < 4.78 is 68.5. The van der Waals surface area contributed by atoms with Gasteiger partial charge in [-0.15, -0.1) is 0 Å². The van der Waals surface area contributed by atoms with Crippen LogP contribution in [0.5, 0.6) is 0 Å². The number of halogens is 6. The van der Waals surface area contributed by atoms with E-state index in [0.29, 0.717) is 6.07 Å². The Bertz CT molecular complexity index is 1650. The number of amides is 2. The van der Waals surface area contributed by atoms with Crippen LogP contribution in [0.2, 0.25) is 5.02 Å². The maximum atomic E-state index is 15.4. The molecule has 0 aliphatic carbocycles. The number of nitrogens with zero attached hydrogens (tertiary/aromatic N) is 2. The quantitative estimate of drug-likeness (QED) is 0.205. The number of rotatable bonds is 6. The van der Waals surface area contributed by atoms with Crippen molar-refractivity contribution in [2.45, 2.75) is 33.5 Å². The Balaban J connectivity index is 1.62. The van der Waals surface area contributed by atoms with Crippen LogP contribution in [-0.2, 0) is 17.5 Å². The van der Waals surface area contributed by atoms with Crippen LogP contribution >= 0.6 is 11.6 Å². The summed E-state index contributed by atoms with van der Waals surface area (Å²) in [5, 5.41) is 7.94. The third-order valence-electron chi connectivity index (χ3n) is 5.98. The third kappa shape index (κ3) is 6.54. The lowest BCUT2D eigenvalue weighted by Crippen LogP contribution is -2.34. The van der Waals surface area contributed by atoms with Gasteiger partial charge in [0, 0.05) is 22.9 Å². The topological polar surface area (TPSA) is 96.0 Å². The van der Waals surface area contributed by atoms with Crippen LogP contribution < -0.4 is 16.0 Å². The fourth-order valence-electron chi connectivity index (χ4n) is 3.77. The number of hydrogen-bond donors (Lipinski definition) is 3. The van der Waals surface area contributed by atoms with Crippen LogP contribution in [0.15, 0.2) is 54.9 Å². The van der Waals surface area contributed by atoms with Crippen LogP contribution in [-0.4, -0.2) is 21.8 Å². The third-order valence-corrected chi connectivity index (χ3v) is 6.30. The molecular formula is C28H23ClF5N5O2. The minimum absolute atomic E-state index is 0.0439. The van der Waals surface area contributed by atoms with Crippen LogP contribution in [0, 0.1) is 17.0 Å². The van der Waals surface area contributed by atoms with Gasteiger partial charge in [-0.25, -0.2) is 18.7 Å². The van der Waals surface area contributed by atoms with E-state index in [1.807, 2.05) is 0 Å². The molecular weight excluding hydrogens is 569 g/mol. The molecule has 0 aliphatic heterocycles. The van der Waals surface area contributed by atoms with E-state index >= 15 is 4.39 Å². The molecule has 214 valence electrons. The minimum Gasteiger partial charge on any atom is -0.351 e.